The van der Waals surface area contributed by atoms with Gasteiger partial charge in [-0.25, -0.2) is 0 Å². The second kappa shape index (κ2) is 8.37. The standard InChI is InChI=1S/C33H22ClNO3/c34-23-17-14-21(15-18-23)28-29(30(36)22-9-2-1-3-10-22)35-26-13-7-4-8-20(26)16-19-27(35)33(28)31(37)24-11-5-6-12-25(24)32(33)38/h1-19,27-29H/t27-,28-,29+/m0/s1. The average molecular weight is 516 g/mol. The van der Waals surface area contributed by atoms with Crippen LogP contribution in [-0.4, -0.2) is 29.4 Å². The lowest BCUT2D eigenvalue weighted by Gasteiger charge is -2.37. The number of rotatable bonds is 3. The Morgan fingerprint density at radius 2 is 1.34 bits per heavy atom. The molecule has 0 aromatic heterocycles. The minimum Gasteiger partial charge on any atom is -0.352 e. The van der Waals surface area contributed by atoms with Crippen LogP contribution in [0.1, 0.15) is 48.1 Å². The smallest absolute Gasteiger partial charge is 0.185 e. The first-order chi connectivity index (χ1) is 18.5. The lowest BCUT2D eigenvalue weighted by Crippen LogP contribution is -2.48. The highest BCUT2D eigenvalue weighted by molar-refractivity contribution is 6.32. The summed E-state index contributed by atoms with van der Waals surface area (Å²) in [5.41, 5.74) is 2.37. The fourth-order valence-electron chi connectivity index (χ4n) is 6.73. The van der Waals surface area contributed by atoms with Crippen molar-refractivity contribution in [2.75, 3.05) is 4.90 Å². The van der Waals surface area contributed by atoms with Crippen LogP contribution in [0.3, 0.4) is 0 Å². The summed E-state index contributed by atoms with van der Waals surface area (Å²) in [5.74, 6) is -1.34. The highest BCUT2D eigenvalue weighted by Gasteiger charge is 2.71. The number of anilines is 1. The first-order valence-electron chi connectivity index (χ1n) is 12.6. The molecule has 0 bridgehead atoms. The molecule has 1 aliphatic carbocycles. The van der Waals surface area contributed by atoms with Crippen molar-refractivity contribution >= 4 is 40.7 Å². The molecule has 3 aliphatic rings. The highest BCUT2D eigenvalue weighted by atomic mass is 35.5. The molecule has 1 saturated heterocycles. The third-order valence-electron chi connectivity index (χ3n) is 8.27. The molecular formula is C33H22ClNO3. The van der Waals surface area contributed by atoms with Crippen molar-refractivity contribution in [3.8, 4) is 0 Å². The fraction of sp³-hybridized carbons (Fsp3) is 0.121. The largest absolute Gasteiger partial charge is 0.352 e. The van der Waals surface area contributed by atoms with Crippen LogP contribution in [0.2, 0.25) is 5.02 Å². The van der Waals surface area contributed by atoms with Crippen molar-refractivity contribution in [1.82, 2.24) is 0 Å². The van der Waals surface area contributed by atoms with Gasteiger partial charge in [-0.2, -0.15) is 0 Å². The summed E-state index contributed by atoms with van der Waals surface area (Å²) in [6.45, 7) is 0. The molecule has 38 heavy (non-hydrogen) atoms. The van der Waals surface area contributed by atoms with Gasteiger partial charge in [0.25, 0.3) is 0 Å². The third kappa shape index (κ3) is 2.95. The van der Waals surface area contributed by atoms with Crippen molar-refractivity contribution in [2.45, 2.75) is 18.0 Å². The van der Waals surface area contributed by atoms with E-state index in [1.54, 1.807) is 48.5 Å². The molecule has 5 heteroatoms. The van der Waals surface area contributed by atoms with Crippen LogP contribution in [0.25, 0.3) is 6.08 Å². The molecule has 4 aromatic carbocycles. The SMILES string of the molecule is O=C(c1ccccc1)[C@H]1[C@H](c2ccc(Cl)cc2)C2(C(=O)c3ccccc3C2=O)[C@@H]2C=Cc3ccccc3N21. The van der Waals surface area contributed by atoms with Crippen molar-refractivity contribution in [3.05, 3.63) is 142 Å². The summed E-state index contributed by atoms with van der Waals surface area (Å²) in [6.07, 6.45) is 3.90. The molecule has 0 unspecified atom stereocenters. The molecule has 1 fully saturated rings. The summed E-state index contributed by atoms with van der Waals surface area (Å²) in [4.78, 5) is 45.6. The molecule has 0 radical (unpaired) electrons. The Balaban J connectivity index is 1.55. The molecule has 3 atom stereocenters. The normalized spacial score (nSPS) is 22.3. The second-order valence-corrected chi connectivity index (χ2v) is 10.5. The number of hydrogen-bond acceptors (Lipinski definition) is 4. The summed E-state index contributed by atoms with van der Waals surface area (Å²) in [6, 6.07) is 29.7. The van der Waals surface area contributed by atoms with E-state index in [9.17, 15) is 14.4 Å². The fourth-order valence-corrected chi connectivity index (χ4v) is 6.86. The van der Waals surface area contributed by atoms with Gasteiger partial charge < -0.3 is 4.90 Å². The van der Waals surface area contributed by atoms with Gasteiger partial charge in [0.05, 0.1) is 6.04 Å². The van der Waals surface area contributed by atoms with E-state index in [1.165, 1.54) is 0 Å². The molecule has 4 aromatic rings. The highest BCUT2D eigenvalue weighted by Crippen LogP contribution is 2.60. The van der Waals surface area contributed by atoms with Crippen LogP contribution in [0.15, 0.2) is 109 Å². The number of Topliss-reactive ketones (excluding diaryl/α,β-unsaturated/α-hetero) is 3. The van der Waals surface area contributed by atoms with E-state index in [1.807, 2.05) is 71.6 Å². The van der Waals surface area contributed by atoms with Gasteiger partial charge in [0.15, 0.2) is 17.3 Å². The van der Waals surface area contributed by atoms with E-state index in [4.69, 9.17) is 11.6 Å². The number of fused-ring (bicyclic) bond motifs is 5. The predicted octanol–water partition coefficient (Wildman–Crippen LogP) is 6.66. The second-order valence-electron chi connectivity index (χ2n) is 10.0. The molecule has 0 N–H and O–H groups in total. The number of halogens is 1. The zero-order valence-electron chi connectivity index (χ0n) is 20.3. The minimum absolute atomic E-state index is 0.130. The van der Waals surface area contributed by atoms with E-state index in [-0.39, 0.29) is 17.3 Å². The van der Waals surface area contributed by atoms with Gasteiger partial charge in [-0.15, -0.1) is 0 Å². The molecular weight excluding hydrogens is 494 g/mol. The Labute approximate surface area is 225 Å². The van der Waals surface area contributed by atoms with E-state index >= 15 is 0 Å². The van der Waals surface area contributed by atoms with Crippen LogP contribution in [0.5, 0.6) is 0 Å². The number of nitrogens with zero attached hydrogens (tertiary/aromatic N) is 1. The topological polar surface area (TPSA) is 54.5 Å². The third-order valence-corrected chi connectivity index (χ3v) is 8.52. The average Bonchev–Trinajstić information content (AvgIpc) is 3.40. The number of para-hydroxylation sites is 1. The van der Waals surface area contributed by atoms with Gasteiger partial charge in [0.1, 0.15) is 11.5 Å². The predicted molar refractivity (Wildman–Crippen MR) is 148 cm³/mol. The first-order valence-corrected chi connectivity index (χ1v) is 13.0. The van der Waals surface area contributed by atoms with Gasteiger partial charge in [-0.05, 0) is 29.3 Å². The summed E-state index contributed by atoms with van der Waals surface area (Å²) < 4.78 is 0. The van der Waals surface area contributed by atoms with Crippen LogP contribution < -0.4 is 4.90 Å². The van der Waals surface area contributed by atoms with Gasteiger partial charge in [0, 0.05) is 33.3 Å². The van der Waals surface area contributed by atoms with E-state index < -0.39 is 23.4 Å². The number of carbonyl (C=O) groups is 3. The maximum atomic E-state index is 14.5. The molecule has 2 aliphatic heterocycles. The number of carbonyl (C=O) groups excluding carboxylic acids is 3. The Morgan fingerprint density at radius 1 is 0.737 bits per heavy atom. The molecule has 4 nitrogen and oxygen atoms in total. The number of ketones is 3. The van der Waals surface area contributed by atoms with E-state index in [0.717, 1.165) is 16.8 Å². The molecule has 2 heterocycles. The van der Waals surface area contributed by atoms with E-state index in [2.05, 4.69) is 0 Å². The maximum absolute atomic E-state index is 14.5. The van der Waals surface area contributed by atoms with Crippen LogP contribution in [0, 0.1) is 5.41 Å². The minimum atomic E-state index is -1.50. The maximum Gasteiger partial charge on any atom is 0.185 e. The van der Waals surface area contributed by atoms with E-state index in [0.29, 0.717) is 21.7 Å². The van der Waals surface area contributed by atoms with Gasteiger partial charge >= 0.3 is 0 Å². The molecule has 184 valence electrons. The summed E-state index contributed by atoms with van der Waals surface area (Å²) >= 11 is 6.26. The Kier molecular flexibility index (Phi) is 5.04. The van der Waals surface area contributed by atoms with Crippen LogP contribution >= 0.6 is 11.6 Å². The van der Waals surface area contributed by atoms with Crippen LogP contribution in [0.4, 0.5) is 5.69 Å². The molecule has 7 rings (SSSR count). The van der Waals surface area contributed by atoms with Crippen molar-refractivity contribution < 1.29 is 14.4 Å². The lowest BCUT2D eigenvalue weighted by atomic mass is 9.64. The van der Waals surface area contributed by atoms with Crippen molar-refractivity contribution in [1.29, 1.82) is 0 Å². The summed E-state index contributed by atoms with van der Waals surface area (Å²) in [7, 11) is 0. The van der Waals surface area contributed by atoms with Gasteiger partial charge in [-0.1, -0.05) is 109 Å². The van der Waals surface area contributed by atoms with Gasteiger partial charge in [0.2, 0.25) is 0 Å². The Bertz CT molecular complexity index is 1620. The first kappa shape index (κ1) is 22.9. The molecule has 1 spiro atoms. The Morgan fingerprint density at radius 3 is 2.03 bits per heavy atom. The molecule has 0 amide bonds. The monoisotopic (exact) mass is 515 g/mol. The zero-order chi connectivity index (χ0) is 26.0. The summed E-state index contributed by atoms with van der Waals surface area (Å²) in [5, 5.41) is 0.544. The Hall–Kier alpha value is -4.28. The zero-order valence-corrected chi connectivity index (χ0v) is 21.0. The quantitative estimate of drug-likeness (QED) is 0.226. The van der Waals surface area contributed by atoms with Crippen LogP contribution in [-0.2, 0) is 0 Å². The molecule has 0 saturated carbocycles. The van der Waals surface area contributed by atoms with Gasteiger partial charge in [-0.3, -0.25) is 14.4 Å². The van der Waals surface area contributed by atoms with Crippen molar-refractivity contribution in [2.24, 2.45) is 5.41 Å². The number of hydrogen-bond donors (Lipinski definition) is 0. The van der Waals surface area contributed by atoms with Crippen molar-refractivity contribution in [3.63, 3.8) is 0 Å². The lowest BCUT2D eigenvalue weighted by molar-refractivity contribution is 0.0666. The number of benzene rings is 4.